The number of rotatable bonds is 9. The van der Waals surface area contributed by atoms with E-state index in [4.69, 9.17) is 9.47 Å². The SMILES string of the molecule is CCCNCc1cc([N+](=O)[O-])c(OCC)cc1OCC. The van der Waals surface area contributed by atoms with E-state index in [-0.39, 0.29) is 11.4 Å². The summed E-state index contributed by atoms with van der Waals surface area (Å²) in [5.41, 5.74) is 0.749. The van der Waals surface area contributed by atoms with Crippen LogP contribution in [0.25, 0.3) is 0 Å². The van der Waals surface area contributed by atoms with Crippen LogP contribution in [0.5, 0.6) is 11.5 Å². The van der Waals surface area contributed by atoms with E-state index in [1.807, 2.05) is 6.92 Å². The zero-order valence-electron chi connectivity index (χ0n) is 12.3. The van der Waals surface area contributed by atoms with E-state index >= 15 is 0 Å². The van der Waals surface area contributed by atoms with E-state index in [2.05, 4.69) is 12.2 Å². The average Bonchev–Trinajstić information content (AvgIpc) is 2.41. The minimum absolute atomic E-state index is 0.0244. The van der Waals surface area contributed by atoms with Crippen molar-refractivity contribution in [3.05, 3.63) is 27.8 Å². The zero-order valence-corrected chi connectivity index (χ0v) is 12.3. The molecular weight excluding hydrogens is 260 g/mol. The summed E-state index contributed by atoms with van der Waals surface area (Å²) in [6.07, 6.45) is 1.00. The van der Waals surface area contributed by atoms with Crippen LogP contribution in [0, 0.1) is 10.1 Å². The van der Waals surface area contributed by atoms with Gasteiger partial charge in [0.1, 0.15) is 5.75 Å². The van der Waals surface area contributed by atoms with Gasteiger partial charge in [-0.2, -0.15) is 0 Å². The fraction of sp³-hybridized carbons (Fsp3) is 0.571. The molecule has 0 saturated heterocycles. The average molecular weight is 282 g/mol. The van der Waals surface area contributed by atoms with Crippen LogP contribution in [0.4, 0.5) is 5.69 Å². The maximum atomic E-state index is 11.1. The van der Waals surface area contributed by atoms with E-state index in [1.54, 1.807) is 13.0 Å². The maximum absolute atomic E-state index is 11.1. The first-order chi connectivity index (χ1) is 9.63. The van der Waals surface area contributed by atoms with Gasteiger partial charge in [0, 0.05) is 24.2 Å². The second-order valence-corrected chi connectivity index (χ2v) is 4.23. The highest BCUT2D eigenvalue weighted by molar-refractivity contribution is 5.55. The van der Waals surface area contributed by atoms with E-state index in [0.717, 1.165) is 18.5 Å². The normalized spacial score (nSPS) is 10.3. The van der Waals surface area contributed by atoms with Gasteiger partial charge in [-0.05, 0) is 26.8 Å². The molecule has 1 rings (SSSR count). The first-order valence-corrected chi connectivity index (χ1v) is 6.91. The lowest BCUT2D eigenvalue weighted by Crippen LogP contribution is -2.15. The predicted molar refractivity (Wildman–Crippen MR) is 77.4 cm³/mol. The fourth-order valence-electron chi connectivity index (χ4n) is 1.83. The summed E-state index contributed by atoms with van der Waals surface area (Å²) >= 11 is 0. The van der Waals surface area contributed by atoms with Crippen molar-refractivity contribution >= 4 is 5.69 Å². The molecule has 0 amide bonds. The Hall–Kier alpha value is -1.82. The van der Waals surface area contributed by atoms with Crippen molar-refractivity contribution in [3.63, 3.8) is 0 Å². The lowest BCUT2D eigenvalue weighted by molar-refractivity contribution is -0.385. The van der Waals surface area contributed by atoms with Gasteiger partial charge in [-0.1, -0.05) is 6.92 Å². The summed E-state index contributed by atoms with van der Waals surface area (Å²) in [7, 11) is 0. The second kappa shape index (κ2) is 8.37. The summed E-state index contributed by atoms with van der Waals surface area (Å²) < 4.78 is 10.9. The van der Waals surface area contributed by atoms with Crippen LogP contribution >= 0.6 is 0 Å². The number of benzene rings is 1. The van der Waals surface area contributed by atoms with Gasteiger partial charge in [0.05, 0.1) is 18.1 Å². The van der Waals surface area contributed by atoms with Gasteiger partial charge in [-0.25, -0.2) is 0 Å². The largest absolute Gasteiger partial charge is 0.493 e. The van der Waals surface area contributed by atoms with Crippen LogP contribution in [-0.4, -0.2) is 24.7 Å². The van der Waals surface area contributed by atoms with Crippen molar-refractivity contribution in [3.8, 4) is 11.5 Å². The van der Waals surface area contributed by atoms with Crippen LogP contribution < -0.4 is 14.8 Å². The molecule has 112 valence electrons. The van der Waals surface area contributed by atoms with Crippen molar-refractivity contribution in [2.24, 2.45) is 0 Å². The van der Waals surface area contributed by atoms with Crippen LogP contribution in [0.2, 0.25) is 0 Å². The Morgan fingerprint density at radius 1 is 1.15 bits per heavy atom. The molecule has 1 N–H and O–H groups in total. The number of nitro benzene ring substituents is 1. The molecule has 1 aromatic carbocycles. The first kappa shape index (κ1) is 16.2. The summed E-state index contributed by atoms with van der Waals surface area (Å²) in [5, 5.41) is 14.3. The van der Waals surface area contributed by atoms with E-state index < -0.39 is 4.92 Å². The molecular formula is C14H22N2O4. The van der Waals surface area contributed by atoms with Gasteiger partial charge in [0.15, 0.2) is 0 Å². The second-order valence-electron chi connectivity index (χ2n) is 4.23. The molecule has 20 heavy (non-hydrogen) atoms. The third-order valence-electron chi connectivity index (χ3n) is 2.68. The maximum Gasteiger partial charge on any atom is 0.311 e. The Morgan fingerprint density at radius 3 is 2.35 bits per heavy atom. The quantitative estimate of drug-likeness (QED) is 0.428. The fourth-order valence-corrected chi connectivity index (χ4v) is 1.83. The van der Waals surface area contributed by atoms with Gasteiger partial charge < -0.3 is 14.8 Å². The minimum Gasteiger partial charge on any atom is -0.493 e. The standard InChI is InChI=1S/C14H22N2O4/c1-4-7-15-10-11-8-12(16(17)18)14(20-6-3)9-13(11)19-5-2/h8-9,15H,4-7,10H2,1-3H3. The third-order valence-corrected chi connectivity index (χ3v) is 2.68. The lowest BCUT2D eigenvalue weighted by Gasteiger charge is -2.13. The summed E-state index contributed by atoms with van der Waals surface area (Å²) in [6.45, 7) is 8.01. The summed E-state index contributed by atoms with van der Waals surface area (Å²) in [5.74, 6) is 0.880. The van der Waals surface area contributed by atoms with Crippen molar-refractivity contribution in [1.82, 2.24) is 5.32 Å². The first-order valence-electron chi connectivity index (χ1n) is 6.91. The van der Waals surface area contributed by atoms with Crippen molar-refractivity contribution < 1.29 is 14.4 Å². The topological polar surface area (TPSA) is 73.6 Å². The number of nitrogens with zero attached hydrogens (tertiary/aromatic N) is 1. The van der Waals surface area contributed by atoms with Gasteiger partial charge in [0.25, 0.3) is 0 Å². The molecule has 0 atom stereocenters. The molecule has 0 aliphatic carbocycles. The predicted octanol–water partition coefficient (Wildman–Crippen LogP) is 2.89. The molecule has 0 aliphatic rings. The summed E-state index contributed by atoms with van der Waals surface area (Å²) in [4.78, 5) is 10.7. The Bertz CT molecular complexity index is 449. The highest BCUT2D eigenvalue weighted by Gasteiger charge is 2.19. The Balaban J connectivity index is 3.11. The Morgan fingerprint density at radius 2 is 1.80 bits per heavy atom. The van der Waals surface area contributed by atoms with Crippen LogP contribution in [-0.2, 0) is 6.54 Å². The number of ether oxygens (including phenoxy) is 2. The molecule has 0 aliphatic heterocycles. The Labute approximate surface area is 119 Å². The van der Waals surface area contributed by atoms with E-state index in [1.165, 1.54) is 6.07 Å². The molecule has 6 heteroatoms. The third kappa shape index (κ3) is 4.38. The Kier molecular flexibility index (Phi) is 6.79. The molecule has 0 bridgehead atoms. The van der Waals surface area contributed by atoms with E-state index in [0.29, 0.717) is 25.5 Å². The van der Waals surface area contributed by atoms with Gasteiger partial charge >= 0.3 is 5.69 Å². The van der Waals surface area contributed by atoms with Crippen LogP contribution in [0.1, 0.15) is 32.8 Å². The summed E-state index contributed by atoms with van der Waals surface area (Å²) in [6, 6.07) is 3.13. The lowest BCUT2D eigenvalue weighted by atomic mass is 10.1. The van der Waals surface area contributed by atoms with Gasteiger partial charge in [-0.3, -0.25) is 10.1 Å². The van der Waals surface area contributed by atoms with Gasteiger partial charge in [-0.15, -0.1) is 0 Å². The highest BCUT2D eigenvalue weighted by Crippen LogP contribution is 2.34. The molecule has 0 radical (unpaired) electrons. The molecule has 0 unspecified atom stereocenters. The molecule has 6 nitrogen and oxygen atoms in total. The zero-order chi connectivity index (χ0) is 15.0. The molecule has 1 aromatic rings. The van der Waals surface area contributed by atoms with Crippen molar-refractivity contribution in [1.29, 1.82) is 0 Å². The van der Waals surface area contributed by atoms with Crippen molar-refractivity contribution in [2.75, 3.05) is 19.8 Å². The number of nitro groups is 1. The smallest absolute Gasteiger partial charge is 0.311 e. The van der Waals surface area contributed by atoms with Crippen LogP contribution in [0.3, 0.4) is 0 Å². The van der Waals surface area contributed by atoms with Crippen LogP contribution in [0.15, 0.2) is 12.1 Å². The number of hydrogen-bond acceptors (Lipinski definition) is 5. The van der Waals surface area contributed by atoms with Gasteiger partial charge in [0.2, 0.25) is 5.75 Å². The number of nitrogens with one attached hydrogen (secondary N) is 1. The monoisotopic (exact) mass is 282 g/mol. The van der Waals surface area contributed by atoms with E-state index in [9.17, 15) is 10.1 Å². The molecule has 0 aromatic heterocycles. The molecule has 0 spiro atoms. The highest BCUT2D eigenvalue weighted by atomic mass is 16.6. The minimum atomic E-state index is -0.427. The molecule has 0 fully saturated rings. The molecule has 0 saturated carbocycles. The van der Waals surface area contributed by atoms with Crippen molar-refractivity contribution in [2.45, 2.75) is 33.7 Å². The molecule has 0 heterocycles. The number of hydrogen-bond donors (Lipinski definition) is 1.